The van der Waals surface area contributed by atoms with Gasteiger partial charge in [0.05, 0.1) is 5.60 Å². The number of rotatable bonds is 0. The van der Waals surface area contributed by atoms with Crippen molar-refractivity contribution in [1.29, 1.82) is 0 Å². The average molecular weight is 240 g/mol. The van der Waals surface area contributed by atoms with Crippen LogP contribution in [0.3, 0.4) is 0 Å². The molecule has 0 amide bonds. The summed E-state index contributed by atoms with van der Waals surface area (Å²) in [6.07, 6.45) is 7.39. The first-order valence-electron chi connectivity index (χ1n) is 7.07. The van der Waals surface area contributed by atoms with Crippen LogP contribution >= 0.6 is 0 Å². The van der Waals surface area contributed by atoms with Gasteiger partial charge in [-0.3, -0.25) is 0 Å². The maximum atomic E-state index is 6.00. The summed E-state index contributed by atoms with van der Waals surface area (Å²) in [5, 5.41) is 0. The first-order valence-corrected chi connectivity index (χ1v) is 7.07. The van der Waals surface area contributed by atoms with Crippen molar-refractivity contribution in [2.45, 2.75) is 44.1 Å². The van der Waals surface area contributed by atoms with Gasteiger partial charge in [-0.1, -0.05) is 30.0 Å². The molecule has 1 aliphatic carbocycles. The van der Waals surface area contributed by atoms with E-state index in [1.807, 2.05) is 18.2 Å². The summed E-state index contributed by atoms with van der Waals surface area (Å²) >= 11 is 0. The van der Waals surface area contributed by atoms with Crippen molar-refractivity contribution in [3.05, 3.63) is 35.9 Å². The Kier molecular flexibility index (Phi) is 3.39. The van der Waals surface area contributed by atoms with Gasteiger partial charge in [0.25, 0.3) is 0 Å². The van der Waals surface area contributed by atoms with Crippen molar-refractivity contribution in [3.63, 3.8) is 0 Å². The number of hydrogen-bond acceptors (Lipinski definition) is 1. The van der Waals surface area contributed by atoms with Crippen LogP contribution in [-0.2, 0) is 4.74 Å². The summed E-state index contributed by atoms with van der Waals surface area (Å²) < 4.78 is 6.00. The third-order valence-electron chi connectivity index (χ3n) is 4.18. The van der Waals surface area contributed by atoms with Crippen molar-refractivity contribution >= 4 is 0 Å². The molecule has 1 saturated carbocycles. The monoisotopic (exact) mass is 240 g/mol. The van der Waals surface area contributed by atoms with Gasteiger partial charge in [-0.05, 0) is 50.7 Å². The van der Waals surface area contributed by atoms with E-state index in [9.17, 15) is 0 Å². The Hall–Kier alpha value is -1.26. The highest BCUT2D eigenvalue weighted by Crippen LogP contribution is 2.41. The molecule has 3 rings (SSSR count). The van der Waals surface area contributed by atoms with E-state index < -0.39 is 0 Å². The summed E-state index contributed by atoms with van der Waals surface area (Å²) in [5.74, 6) is 7.30. The third kappa shape index (κ3) is 2.60. The first-order chi connectivity index (χ1) is 8.86. The van der Waals surface area contributed by atoms with Gasteiger partial charge in [-0.2, -0.15) is 0 Å². The van der Waals surface area contributed by atoms with E-state index in [2.05, 4.69) is 24.0 Å². The van der Waals surface area contributed by atoms with Crippen LogP contribution < -0.4 is 0 Å². The molecule has 18 heavy (non-hydrogen) atoms. The second kappa shape index (κ2) is 5.16. The molecular formula is C17H20O. The van der Waals surface area contributed by atoms with Gasteiger partial charge in [0.1, 0.15) is 0 Å². The standard InChI is InChI=1S/C17H20O/c1-2-6-15(7-3-1)9-10-16-8-4-11-17(14-16)12-5-13-18-17/h1-3,6-7,16H,4-5,8,11-14H2/t16-,17-/m1/s1. The summed E-state index contributed by atoms with van der Waals surface area (Å²) in [6.45, 7) is 0.957. The fourth-order valence-electron chi connectivity index (χ4n) is 3.27. The lowest BCUT2D eigenvalue weighted by Gasteiger charge is -2.35. The van der Waals surface area contributed by atoms with Gasteiger partial charge in [-0.25, -0.2) is 0 Å². The highest BCUT2D eigenvalue weighted by Gasteiger charge is 2.39. The molecule has 1 spiro atoms. The van der Waals surface area contributed by atoms with Crippen molar-refractivity contribution in [2.75, 3.05) is 6.61 Å². The summed E-state index contributed by atoms with van der Waals surface area (Å²) in [4.78, 5) is 0. The Morgan fingerprint density at radius 2 is 1.94 bits per heavy atom. The molecule has 1 aromatic rings. The minimum atomic E-state index is 0.189. The average Bonchev–Trinajstić information content (AvgIpc) is 2.86. The van der Waals surface area contributed by atoms with Gasteiger partial charge in [-0.15, -0.1) is 0 Å². The van der Waals surface area contributed by atoms with Crippen LogP contribution in [0.1, 0.15) is 44.1 Å². The van der Waals surface area contributed by atoms with Crippen LogP contribution in [0.4, 0.5) is 0 Å². The fourth-order valence-corrected chi connectivity index (χ4v) is 3.27. The molecule has 0 N–H and O–H groups in total. The van der Waals surface area contributed by atoms with Gasteiger partial charge >= 0.3 is 0 Å². The molecule has 0 radical (unpaired) electrons. The molecular weight excluding hydrogens is 220 g/mol. The van der Waals surface area contributed by atoms with E-state index in [0.717, 1.165) is 18.6 Å². The van der Waals surface area contributed by atoms with Crippen LogP contribution in [0, 0.1) is 17.8 Å². The van der Waals surface area contributed by atoms with E-state index in [0.29, 0.717) is 5.92 Å². The van der Waals surface area contributed by atoms with Gasteiger partial charge in [0, 0.05) is 18.1 Å². The second-order valence-electron chi connectivity index (χ2n) is 5.56. The molecule has 1 heterocycles. The van der Waals surface area contributed by atoms with Crippen molar-refractivity contribution < 1.29 is 4.74 Å². The summed E-state index contributed by atoms with van der Waals surface area (Å²) in [6, 6.07) is 10.3. The van der Waals surface area contributed by atoms with E-state index in [-0.39, 0.29) is 5.60 Å². The Bertz CT molecular complexity index is 445. The number of benzene rings is 1. The molecule has 1 aliphatic heterocycles. The van der Waals surface area contributed by atoms with Gasteiger partial charge in [0.2, 0.25) is 0 Å². The number of ether oxygens (including phenoxy) is 1. The van der Waals surface area contributed by atoms with Crippen molar-refractivity contribution in [1.82, 2.24) is 0 Å². The lowest BCUT2D eigenvalue weighted by molar-refractivity contribution is -0.0331. The lowest BCUT2D eigenvalue weighted by atomic mass is 9.77. The van der Waals surface area contributed by atoms with E-state index in [4.69, 9.17) is 4.74 Å². The minimum Gasteiger partial charge on any atom is -0.375 e. The van der Waals surface area contributed by atoms with E-state index in [1.165, 1.54) is 32.1 Å². The largest absolute Gasteiger partial charge is 0.375 e. The Balaban J connectivity index is 1.68. The van der Waals surface area contributed by atoms with Crippen molar-refractivity contribution in [2.24, 2.45) is 5.92 Å². The zero-order chi connectivity index (χ0) is 12.3. The van der Waals surface area contributed by atoms with E-state index in [1.54, 1.807) is 0 Å². The lowest BCUT2D eigenvalue weighted by Crippen LogP contribution is -2.34. The van der Waals surface area contributed by atoms with Gasteiger partial charge < -0.3 is 4.74 Å². The van der Waals surface area contributed by atoms with Crippen molar-refractivity contribution in [3.8, 4) is 11.8 Å². The molecule has 0 unspecified atom stereocenters. The summed E-state index contributed by atoms with van der Waals surface area (Å²) in [5.41, 5.74) is 1.32. The zero-order valence-corrected chi connectivity index (χ0v) is 10.8. The molecule has 0 bridgehead atoms. The molecule has 2 atom stereocenters. The normalized spacial score (nSPS) is 31.0. The summed E-state index contributed by atoms with van der Waals surface area (Å²) in [7, 11) is 0. The van der Waals surface area contributed by atoms with Crippen LogP contribution in [0.25, 0.3) is 0 Å². The SMILES string of the molecule is C(#C[C@H]1CCC[C@@]2(CCCO2)C1)c1ccccc1. The smallest absolute Gasteiger partial charge is 0.0695 e. The maximum absolute atomic E-state index is 6.00. The van der Waals surface area contributed by atoms with Crippen LogP contribution in [0.5, 0.6) is 0 Å². The second-order valence-corrected chi connectivity index (χ2v) is 5.56. The van der Waals surface area contributed by atoms with Crippen LogP contribution in [0.2, 0.25) is 0 Å². The number of hydrogen-bond donors (Lipinski definition) is 0. The van der Waals surface area contributed by atoms with Crippen LogP contribution in [-0.4, -0.2) is 12.2 Å². The maximum Gasteiger partial charge on any atom is 0.0695 e. The first kappa shape index (κ1) is 11.8. The highest BCUT2D eigenvalue weighted by atomic mass is 16.5. The molecule has 2 fully saturated rings. The molecule has 1 saturated heterocycles. The van der Waals surface area contributed by atoms with Gasteiger partial charge in [0.15, 0.2) is 0 Å². The highest BCUT2D eigenvalue weighted by molar-refractivity contribution is 5.34. The fraction of sp³-hybridized carbons (Fsp3) is 0.529. The molecule has 0 aromatic heterocycles. The minimum absolute atomic E-state index is 0.189. The molecule has 94 valence electrons. The molecule has 1 heteroatoms. The van der Waals surface area contributed by atoms with E-state index >= 15 is 0 Å². The predicted molar refractivity (Wildman–Crippen MR) is 73.2 cm³/mol. The Labute approximate surface area is 110 Å². The zero-order valence-electron chi connectivity index (χ0n) is 10.8. The third-order valence-corrected chi connectivity index (χ3v) is 4.18. The molecule has 2 aliphatic rings. The molecule has 1 aromatic carbocycles. The quantitative estimate of drug-likeness (QED) is 0.627. The Morgan fingerprint density at radius 1 is 1.11 bits per heavy atom. The topological polar surface area (TPSA) is 9.23 Å². The van der Waals surface area contributed by atoms with Crippen LogP contribution in [0.15, 0.2) is 30.3 Å². The molecule has 1 nitrogen and oxygen atoms in total. The predicted octanol–water partition coefficient (Wildman–Crippen LogP) is 3.78. The Morgan fingerprint density at radius 3 is 2.72 bits per heavy atom.